The van der Waals surface area contributed by atoms with Gasteiger partial charge in [-0.1, -0.05) is 48.5 Å². The molecule has 108 valence electrons. The van der Waals surface area contributed by atoms with Gasteiger partial charge in [0, 0.05) is 5.39 Å². The molecule has 0 amide bonds. The van der Waals surface area contributed by atoms with Gasteiger partial charge in [-0.25, -0.2) is 0 Å². The van der Waals surface area contributed by atoms with Crippen molar-refractivity contribution in [1.82, 2.24) is 15.0 Å². The van der Waals surface area contributed by atoms with Crippen molar-refractivity contribution in [2.75, 3.05) is 6.61 Å². The van der Waals surface area contributed by atoms with Crippen LogP contribution in [0.25, 0.3) is 21.8 Å². The molecule has 0 saturated heterocycles. The minimum absolute atomic E-state index is 0.537. The van der Waals surface area contributed by atoms with Crippen LogP contribution in [0, 0.1) is 0 Å². The number of hydrogen-bond acceptors (Lipinski definition) is 3. The van der Waals surface area contributed by atoms with Crippen LogP contribution in [0.5, 0.6) is 5.75 Å². The van der Waals surface area contributed by atoms with Crippen LogP contribution < -0.4 is 4.74 Å². The average Bonchev–Trinajstić information content (AvgIpc) is 2.98. The predicted octanol–water partition coefficient (Wildman–Crippen LogP) is 3.66. The van der Waals surface area contributed by atoms with Crippen LogP contribution >= 0.6 is 0 Å². The van der Waals surface area contributed by atoms with E-state index in [0.29, 0.717) is 13.2 Å². The van der Waals surface area contributed by atoms with Crippen LogP contribution in [-0.2, 0) is 6.54 Å². The van der Waals surface area contributed by atoms with Gasteiger partial charge in [0.1, 0.15) is 23.4 Å². The molecule has 0 N–H and O–H groups in total. The molecular weight excluding hydrogens is 274 g/mol. The maximum atomic E-state index is 5.92. The summed E-state index contributed by atoms with van der Waals surface area (Å²) in [6, 6.07) is 22.2. The Kier molecular flexibility index (Phi) is 3.20. The van der Waals surface area contributed by atoms with Gasteiger partial charge in [-0.2, -0.15) is 15.0 Å². The molecule has 0 spiro atoms. The van der Waals surface area contributed by atoms with E-state index in [4.69, 9.17) is 4.74 Å². The van der Waals surface area contributed by atoms with Crippen LogP contribution in [0.15, 0.2) is 66.7 Å². The van der Waals surface area contributed by atoms with E-state index in [0.717, 1.165) is 22.2 Å². The molecule has 0 atom stereocenters. The summed E-state index contributed by atoms with van der Waals surface area (Å²) in [4.78, 5) is 1.69. The van der Waals surface area contributed by atoms with E-state index in [9.17, 15) is 0 Å². The van der Waals surface area contributed by atoms with Crippen LogP contribution in [0.2, 0.25) is 0 Å². The lowest BCUT2D eigenvalue weighted by Gasteiger charge is -2.08. The number of nitrogens with zero attached hydrogens (tertiary/aromatic N) is 3. The third kappa shape index (κ3) is 2.39. The summed E-state index contributed by atoms with van der Waals surface area (Å²) in [5.41, 5.74) is 1.82. The first-order valence-electron chi connectivity index (χ1n) is 7.30. The summed E-state index contributed by atoms with van der Waals surface area (Å²) in [7, 11) is 0. The van der Waals surface area contributed by atoms with Crippen molar-refractivity contribution in [2.24, 2.45) is 0 Å². The zero-order valence-electron chi connectivity index (χ0n) is 12.0. The summed E-state index contributed by atoms with van der Waals surface area (Å²) in [6.07, 6.45) is 0. The molecule has 0 unspecified atom stereocenters. The highest BCUT2D eigenvalue weighted by molar-refractivity contribution is 5.88. The fourth-order valence-electron chi connectivity index (χ4n) is 2.56. The number of hydrogen-bond donors (Lipinski definition) is 0. The minimum Gasteiger partial charge on any atom is -0.491 e. The number of rotatable bonds is 4. The Hall–Kier alpha value is -2.88. The average molecular weight is 289 g/mol. The van der Waals surface area contributed by atoms with E-state index in [1.807, 2.05) is 48.5 Å². The molecule has 4 aromatic rings. The lowest BCUT2D eigenvalue weighted by Crippen LogP contribution is -2.10. The van der Waals surface area contributed by atoms with Gasteiger partial charge in [-0.3, -0.25) is 0 Å². The third-order valence-corrected chi connectivity index (χ3v) is 3.63. The quantitative estimate of drug-likeness (QED) is 0.575. The molecule has 0 aliphatic rings. The van der Waals surface area contributed by atoms with Crippen molar-refractivity contribution in [3.8, 4) is 5.75 Å². The Morgan fingerprint density at radius 1 is 0.773 bits per heavy atom. The highest BCUT2D eigenvalue weighted by Gasteiger charge is 2.03. The van der Waals surface area contributed by atoms with Gasteiger partial charge in [0.2, 0.25) is 0 Å². The largest absolute Gasteiger partial charge is 0.491 e. The van der Waals surface area contributed by atoms with Gasteiger partial charge in [0.25, 0.3) is 0 Å². The van der Waals surface area contributed by atoms with Crippen LogP contribution in [0.1, 0.15) is 0 Å². The number of ether oxygens (including phenoxy) is 1. The highest BCUT2D eigenvalue weighted by atomic mass is 16.5. The number of benzene rings is 3. The maximum Gasteiger partial charge on any atom is 0.127 e. The maximum absolute atomic E-state index is 5.92. The smallest absolute Gasteiger partial charge is 0.127 e. The van der Waals surface area contributed by atoms with Crippen molar-refractivity contribution in [1.29, 1.82) is 0 Å². The normalized spacial score (nSPS) is 11.1. The summed E-state index contributed by atoms with van der Waals surface area (Å²) in [5.74, 6) is 0.898. The van der Waals surface area contributed by atoms with Crippen molar-refractivity contribution in [3.63, 3.8) is 0 Å². The molecule has 0 aliphatic heterocycles. The Labute approximate surface area is 127 Å². The molecule has 4 nitrogen and oxygen atoms in total. The van der Waals surface area contributed by atoms with E-state index in [2.05, 4.69) is 28.4 Å². The van der Waals surface area contributed by atoms with E-state index in [1.165, 1.54) is 5.39 Å². The van der Waals surface area contributed by atoms with Gasteiger partial charge >= 0.3 is 0 Å². The molecule has 0 fully saturated rings. The van der Waals surface area contributed by atoms with Crippen LogP contribution in [0.4, 0.5) is 0 Å². The summed E-state index contributed by atoms with van der Waals surface area (Å²) < 4.78 is 5.92. The highest BCUT2D eigenvalue weighted by Crippen LogP contribution is 2.25. The number of fused-ring (bicyclic) bond motifs is 2. The molecule has 1 heterocycles. The molecule has 0 aliphatic carbocycles. The van der Waals surface area contributed by atoms with E-state index in [-0.39, 0.29) is 0 Å². The second-order valence-electron chi connectivity index (χ2n) is 5.11. The summed E-state index contributed by atoms with van der Waals surface area (Å²) in [5, 5.41) is 11.2. The van der Waals surface area contributed by atoms with Gasteiger partial charge < -0.3 is 4.74 Å². The van der Waals surface area contributed by atoms with Gasteiger partial charge in [0.05, 0.1) is 6.54 Å². The van der Waals surface area contributed by atoms with E-state index in [1.54, 1.807) is 4.80 Å². The predicted molar refractivity (Wildman–Crippen MR) is 87.0 cm³/mol. The summed E-state index contributed by atoms with van der Waals surface area (Å²) >= 11 is 0. The molecule has 22 heavy (non-hydrogen) atoms. The second kappa shape index (κ2) is 5.48. The van der Waals surface area contributed by atoms with Crippen LogP contribution in [0.3, 0.4) is 0 Å². The molecule has 4 heteroatoms. The molecule has 0 bridgehead atoms. The lowest BCUT2D eigenvalue weighted by atomic mass is 10.1. The van der Waals surface area contributed by atoms with E-state index < -0.39 is 0 Å². The van der Waals surface area contributed by atoms with Gasteiger partial charge in [-0.15, -0.1) is 0 Å². The van der Waals surface area contributed by atoms with Crippen molar-refractivity contribution < 1.29 is 4.74 Å². The molecular formula is C18H15N3O. The zero-order valence-corrected chi connectivity index (χ0v) is 12.0. The van der Waals surface area contributed by atoms with Gasteiger partial charge in [0.15, 0.2) is 0 Å². The molecule has 4 rings (SSSR count). The Morgan fingerprint density at radius 2 is 1.45 bits per heavy atom. The van der Waals surface area contributed by atoms with Crippen molar-refractivity contribution in [3.05, 3.63) is 66.7 Å². The van der Waals surface area contributed by atoms with Gasteiger partial charge in [-0.05, 0) is 23.6 Å². The molecule has 0 saturated carbocycles. The van der Waals surface area contributed by atoms with E-state index >= 15 is 0 Å². The third-order valence-electron chi connectivity index (χ3n) is 3.63. The molecule has 0 radical (unpaired) electrons. The zero-order chi connectivity index (χ0) is 14.8. The topological polar surface area (TPSA) is 39.9 Å². The molecule has 3 aromatic carbocycles. The number of aromatic nitrogens is 3. The molecule has 1 aromatic heterocycles. The fourth-order valence-corrected chi connectivity index (χ4v) is 2.56. The summed E-state index contributed by atoms with van der Waals surface area (Å²) in [6.45, 7) is 1.16. The Bertz CT molecular complexity index is 891. The first kappa shape index (κ1) is 12.8. The standard InChI is InChI=1S/C18H15N3O/c1-2-8-15-14(6-1)7-5-11-18(15)22-13-12-21-19-16-9-3-4-10-17(16)20-21/h1-11H,12-13H2. The first-order chi connectivity index (χ1) is 10.9. The SMILES string of the molecule is c1ccc2c(OCCn3nc4ccccc4n3)cccc2c1. The Morgan fingerprint density at radius 3 is 2.27 bits per heavy atom. The second-order valence-corrected chi connectivity index (χ2v) is 5.11. The van der Waals surface area contributed by atoms with Crippen LogP contribution in [-0.4, -0.2) is 21.6 Å². The fraction of sp³-hybridized carbons (Fsp3) is 0.111. The first-order valence-corrected chi connectivity index (χ1v) is 7.30. The van der Waals surface area contributed by atoms with Crippen molar-refractivity contribution >= 4 is 21.8 Å². The minimum atomic E-state index is 0.537. The van der Waals surface area contributed by atoms with Crippen molar-refractivity contribution in [2.45, 2.75) is 6.54 Å². The lowest BCUT2D eigenvalue weighted by molar-refractivity contribution is 0.285. The Balaban J connectivity index is 1.50. The monoisotopic (exact) mass is 289 g/mol.